The van der Waals surface area contributed by atoms with Crippen molar-refractivity contribution in [3.05, 3.63) is 0 Å². The van der Waals surface area contributed by atoms with Gasteiger partial charge in [0, 0.05) is 32.7 Å². The zero-order valence-electron chi connectivity index (χ0n) is 12.1. The van der Waals surface area contributed by atoms with Gasteiger partial charge in [0.05, 0.1) is 6.61 Å². The molecule has 5 rings (SSSR count). The molecule has 0 aromatic rings. The molecule has 108 valence electrons. The summed E-state index contributed by atoms with van der Waals surface area (Å²) in [5.74, 6) is 4.03. The first-order chi connectivity index (χ1) is 9.28. The topological polar surface area (TPSA) is 30.5 Å². The van der Waals surface area contributed by atoms with Gasteiger partial charge >= 0.3 is 0 Å². The van der Waals surface area contributed by atoms with Crippen molar-refractivity contribution < 1.29 is 9.47 Å². The van der Waals surface area contributed by atoms with Crippen LogP contribution in [0.25, 0.3) is 0 Å². The Morgan fingerprint density at radius 3 is 2.32 bits per heavy atom. The fraction of sp³-hybridized carbons (Fsp3) is 1.00. The number of methoxy groups -OCH3 is 1. The van der Waals surface area contributed by atoms with E-state index in [9.17, 15) is 0 Å². The molecule has 0 amide bonds. The van der Waals surface area contributed by atoms with Gasteiger partial charge in [0.25, 0.3) is 0 Å². The lowest BCUT2D eigenvalue weighted by atomic mass is 9.54. The molecule has 4 saturated carbocycles. The first-order valence-electron chi connectivity index (χ1n) is 8.14. The van der Waals surface area contributed by atoms with Gasteiger partial charge in [-0.2, -0.15) is 0 Å². The van der Waals surface area contributed by atoms with Gasteiger partial charge in [0.2, 0.25) is 0 Å². The molecule has 1 atom stereocenters. The van der Waals surface area contributed by atoms with E-state index in [0.29, 0.717) is 0 Å². The van der Waals surface area contributed by atoms with Crippen molar-refractivity contribution in [3.63, 3.8) is 0 Å². The van der Waals surface area contributed by atoms with E-state index in [4.69, 9.17) is 9.47 Å². The molecule has 1 unspecified atom stereocenters. The Balaban J connectivity index is 1.40. The molecule has 3 nitrogen and oxygen atoms in total. The monoisotopic (exact) mass is 265 g/mol. The van der Waals surface area contributed by atoms with Gasteiger partial charge < -0.3 is 14.8 Å². The van der Waals surface area contributed by atoms with Gasteiger partial charge in [-0.15, -0.1) is 0 Å². The second-order valence-corrected chi connectivity index (χ2v) is 7.53. The average molecular weight is 265 g/mol. The highest BCUT2D eigenvalue weighted by Gasteiger charge is 2.48. The molecule has 0 spiro atoms. The van der Waals surface area contributed by atoms with E-state index in [-0.39, 0.29) is 5.60 Å². The summed E-state index contributed by atoms with van der Waals surface area (Å²) < 4.78 is 11.3. The molecule has 3 heteroatoms. The van der Waals surface area contributed by atoms with Crippen LogP contribution < -0.4 is 5.32 Å². The predicted octanol–water partition coefficient (Wildman–Crippen LogP) is 2.21. The van der Waals surface area contributed by atoms with E-state index in [2.05, 4.69) is 5.32 Å². The highest BCUT2D eigenvalue weighted by atomic mass is 16.5. The van der Waals surface area contributed by atoms with Crippen molar-refractivity contribution in [2.24, 2.45) is 23.7 Å². The Morgan fingerprint density at radius 1 is 1.11 bits per heavy atom. The maximum Gasteiger partial charge on any atom is 0.106 e. The van der Waals surface area contributed by atoms with Gasteiger partial charge in [0.1, 0.15) is 5.60 Å². The molecule has 4 aliphatic carbocycles. The highest BCUT2D eigenvalue weighted by molar-refractivity contribution is 5.02. The van der Waals surface area contributed by atoms with Crippen molar-refractivity contribution in [2.45, 2.75) is 50.2 Å². The van der Waals surface area contributed by atoms with E-state index >= 15 is 0 Å². The number of nitrogens with one attached hydrogen (secondary N) is 1. The molecule has 0 aromatic carbocycles. The number of ether oxygens (including phenoxy) is 2. The van der Waals surface area contributed by atoms with Gasteiger partial charge in [-0.05, 0) is 55.8 Å². The van der Waals surface area contributed by atoms with Crippen LogP contribution >= 0.6 is 0 Å². The van der Waals surface area contributed by atoms with Crippen LogP contribution in [0.5, 0.6) is 0 Å². The second kappa shape index (κ2) is 4.71. The zero-order valence-corrected chi connectivity index (χ0v) is 12.1. The average Bonchev–Trinajstić information content (AvgIpc) is 2.86. The van der Waals surface area contributed by atoms with Crippen molar-refractivity contribution in [1.29, 1.82) is 0 Å². The van der Waals surface area contributed by atoms with Gasteiger partial charge in [-0.1, -0.05) is 0 Å². The summed E-state index contributed by atoms with van der Waals surface area (Å²) in [7, 11) is 1.84. The third-order valence-corrected chi connectivity index (χ3v) is 6.39. The molecular formula is C16H27NO2. The summed E-state index contributed by atoms with van der Waals surface area (Å²) in [6.07, 6.45) is 8.53. The Labute approximate surface area is 116 Å². The minimum absolute atomic E-state index is 0.0470. The summed E-state index contributed by atoms with van der Waals surface area (Å²) in [5, 5.41) is 3.89. The molecule has 1 heterocycles. The predicted molar refractivity (Wildman–Crippen MR) is 74.0 cm³/mol. The summed E-state index contributed by atoms with van der Waals surface area (Å²) in [4.78, 5) is 0. The zero-order chi connectivity index (χ0) is 12.9. The molecule has 0 radical (unpaired) electrons. The summed E-state index contributed by atoms with van der Waals surface area (Å²) in [6, 6.07) is 0.764. The second-order valence-electron chi connectivity index (χ2n) is 7.53. The number of hydrogen-bond acceptors (Lipinski definition) is 3. The molecule has 1 N–H and O–H groups in total. The van der Waals surface area contributed by atoms with Gasteiger partial charge in [-0.3, -0.25) is 0 Å². The van der Waals surface area contributed by atoms with Crippen LogP contribution in [-0.4, -0.2) is 38.5 Å². The molecule has 19 heavy (non-hydrogen) atoms. The van der Waals surface area contributed by atoms with Crippen LogP contribution in [0.2, 0.25) is 0 Å². The molecular weight excluding hydrogens is 238 g/mol. The highest BCUT2D eigenvalue weighted by Crippen LogP contribution is 2.53. The molecule has 5 fully saturated rings. The first-order valence-corrected chi connectivity index (χ1v) is 8.14. The molecule has 1 saturated heterocycles. The lowest BCUT2D eigenvalue weighted by molar-refractivity contribution is -0.0439. The Morgan fingerprint density at radius 2 is 1.79 bits per heavy atom. The van der Waals surface area contributed by atoms with Crippen LogP contribution in [0, 0.1) is 23.7 Å². The molecule has 0 aromatic heterocycles. The fourth-order valence-electron chi connectivity index (χ4n) is 5.52. The molecule has 4 bridgehead atoms. The van der Waals surface area contributed by atoms with E-state index in [1.54, 1.807) is 0 Å². The van der Waals surface area contributed by atoms with Crippen LogP contribution in [0.1, 0.15) is 38.5 Å². The van der Waals surface area contributed by atoms with Crippen LogP contribution in [0.4, 0.5) is 0 Å². The van der Waals surface area contributed by atoms with E-state index in [1.807, 2.05) is 7.11 Å². The van der Waals surface area contributed by atoms with Crippen LogP contribution in [0.3, 0.4) is 0 Å². The van der Waals surface area contributed by atoms with Crippen LogP contribution in [-0.2, 0) is 9.47 Å². The summed E-state index contributed by atoms with van der Waals surface area (Å²) in [6.45, 7) is 2.61. The van der Waals surface area contributed by atoms with Crippen molar-refractivity contribution in [3.8, 4) is 0 Å². The largest absolute Gasteiger partial charge is 0.378 e. The van der Waals surface area contributed by atoms with Crippen molar-refractivity contribution in [2.75, 3.05) is 26.9 Å². The maximum atomic E-state index is 5.75. The third kappa shape index (κ3) is 2.14. The summed E-state index contributed by atoms with van der Waals surface area (Å²) >= 11 is 0. The Kier molecular flexibility index (Phi) is 3.13. The number of rotatable bonds is 4. The normalized spacial score (nSPS) is 51.9. The van der Waals surface area contributed by atoms with E-state index in [0.717, 1.165) is 55.9 Å². The lowest BCUT2D eigenvalue weighted by Crippen LogP contribution is -2.57. The molecule has 1 aliphatic heterocycles. The quantitative estimate of drug-likeness (QED) is 0.845. The third-order valence-electron chi connectivity index (χ3n) is 6.39. The number of hydrogen-bond donors (Lipinski definition) is 1. The van der Waals surface area contributed by atoms with Gasteiger partial charge in [-0.25, -0.2) is 0 Å². The standard InChI is InChI=1S/C16H27NO2/c1-18-16(2-3-19-10-16)9-17-15-13-5-11-4-12(7-13)8-14(15)6-11/h11-15,17H,2-10H2,1H3. The minimum atomic E-state index is -0.0470. The lowest BCUT2D eigenvalue weighted by Gasteiger charge is -2.55. The Bertz CT molecular complexity index is 310. The minimum Gasteiger partial charge on any atom is -0.378 e. The molecule has 5 aliphatic rings. The van der Waals surface area contributed by atoms with Crippen molar-refractivity contribution >= 4 is 0 Å². The Hall–Kier alpha value is -0.120. The smallest absolute Gasteiger partial charge is 0.106 e. The van der Waals surface area contributed by atoms with Crippen LogP contribution in [0.15, 0.2) is 0 Å². The van der Waals surface area contributed by atoms with E-state index in [1.165, 1.54) is 32.1 Å². The first kappa shape index (κ1) is 12.6. The van der Waals surface area contributed by atoms with E-state index < -0.39 is 0 Å². The fourth-order valence-corrected chi connectivity index (χ4v) is 5.52. The summed E-state index contributed by atoms with van der Waals surface area (Å²) in [5.41, 5.74) is -0.0470. The van der Waals surface area contributed by atoms with Gasteiger partial charge in [0.15, 0.2) is 0 Å². The van der Waals surface area contributed by atoms with Crippen molar-refractivity contribution in [1.82, 2.24) is 5.32 Å². The SMILES string of the molecule is COC1(CNC2C3CC4CC(C3)CC2C4)CCOC1. The maximum absolute atomic E-state index is 5.75.